The van der Waals surface area contributed by atoms with Gasteiger partial charge in [-0.15, -0.1) is 0 Å². The summed E-state index contributed by atoms with van der Waals surface area (Å²) in [6.07, 6.45) is 42.6. The van der Waals surface area contributed by atoms with Gasteiger partial charge in [-0.1, -0.05) is 213 Å². The molecule has 0 aliphatic heterocycles. The van der Waals surface area contributed by atoms with E-state index >= 15 is 0 Å². The number of rotatable bonds is 45. The van der Waals surface area contributed by atoms with Gasteiger partial charge in [-0.2, -0.15) is 0 Å². The molecule has 0 saturated carbocycles. The summed E-state index contributed by atoms with van der Waals surface area (Å²) >= 11 is 0. The van der Waals surface area contributed by atoms with Crippen molar-refractivity contribution < 1.29 is 38.2 Å². The third-order valence-electron chi connectivity index (χ3n) is 11.5. The van der Waals surface area contributed by atoms with Crippen LogP contribution in [0.4, 0.5) is 0 Å². The summed E-state index contributed by atoms with van der Waals surface area (Å²) in [6, 6.07) is -0.719. The zero-order chi connectivity index (χ0) is 42.1. The van der Waals surface area contributed by atoms with Crippen LogP contribution in [0.15, 0.2) is 0 Å². The predicted molar refractivity (Wildman–Crippen MR) is 236 cm³/mol. The molecule has 0 aliphatic carbocycles. The van der Waals surface area contributed by atoms with Gasteiger partial charge in [0.2, 0.25) is 0 Å². The second kappa shape index (κ2) is 41.1. The van der Waals surface area contributed by atoms with Crippen LogP contribution < -0.4 is 5.11 Å². The highest BCUT2D eigenvalue weighted by atomic mass is 16.6. The SMILES string of the molecule is CCCCCCCCCCCCCCCCCCCC(=O)OCC(COCCC(C(=O)[O-])[N+](C)(C)C)OC(=O)CCCCCCCCCCCCCCCCCC. The highest BCUT2D eigenvalue weighted by molar-refractivity contribution is 5.70. The van der Waals surface area contributed by atoms with E-state index in [0.29, 0.717) is 12.8 Å². The third kappa shape index (κ3) is 39.6. The van der Waals surface area contributed by atoms with E-state index < -0.39 is 18.1 Å². The summed E-state index contributed by atoms with van der Waals surface area (Å²) < 4.78 is 17.2. The van der Waals surface area contributed by atoms with Crippen molar-refractivity contribution >= 4 is 17.9 Å². The van der Waals surface area contributed by atoms with E-state index in [0.717, 1.165) is 38.5 Å². The van der Waals surface area contributed by atoms with Crippen molar-refractivity contribution in [3.05, 3.63) is 0 Å². The smallest absolute Gasteiger partial charge is 0.306 e. The van der Waals surface area contributed by atoms with Gasteiger partial charge in [0, 0.05) is 19.3 Å². The Balaban J connectivity index is 4.22. The van der Waals surface area contributed by atoms with E-state index in [1.807, 2.05) is 21.1 Å². The third-order valence-corrected chi connectivity index (χ3v) is 11.5. The molecule has 57 heavy (non-hydrogen) atoms. The molecular formula is C49H95NO7. The second-order valence-electron chi connectivity index (χ2n) is 18.1. The Hall–Kier alpha value is -1.67. The molecule has 0 radical (unpaired) electrons. The molecule has 0 aromatic carbocycles. The molecule has 0 aromatic heterocycles. The Kier molecular flexibility index (Phi) is 39.9. The zero-order valence-electron chi connectivity index (χ0n) is 38.5. The van der Waals surface area contributed by atoms with E-state index in [1.54, 1.807) is 0 Å². The number of hydrogen-bond acceptors (Lipinski definition) is 7. The standard InChI is InChI=1S/C49H95NO7/c1-6-8-10-12-14-16-18-20-22-24-26-27-29-31-33-35-37-39-47(51)56-44-45(43-55-42-41-46(49(53)54)50(3,4)5)57-48(52)40-38-36-34-32-30-28-25-23-21-19-17-15-13-11-9-7-2/h45-46H,6-44H2,1-5H3. The molecular weight excluding hydrogens is 715 g/mol. The molecule has 0 amide bonds. The number of ether oxygens (including phenoxy) is 3. The van der Waals surface area contributed by atoms with Crippen molar-refractivity contribution in [2.75, 3.05) is 41.0 Å². The molecule has 0 aromatic rings. The second-order valence-corrected chi connectivity index (χ2v) is 18.1. The summed E-state index contributed by atoms with van der Waals surface area (Å²) in [6.45, 7) is 4.72. The minimum Gasteiger partial charge on any atom is -0.544 e. The van der Waals surface area contributed by atoms with Gasteiger partial charge in [-0.05, 0) is 12.8 Å². The van der Waals surface area contributed by atoms with Crippen LogP contribution in [0.5, 0.6) is 0 Å². The van der Waals surface area contributed by atoms with Crippen LogP contribution in [0.25, 0.3) is 0 Å². The fourth-order valence-corrected chi connectivity index (χ4v) is 7.66. The van der Waals surface area contributed by atoms with Crippen molar-refractivity contribution in [2.24, 2.45) is 0 Å². The van der Waals surface area contributed by atoms with Crippen molar-refractivity contribution in [2.45, 2.75) is 257 Å². The molecule has 0 saturated heterocycles. The molecule has 8 nitrogen and oxygen atoms in total. The fourth-order valence-electron chi connectivity index (χ4n) is 7.66. The van der Waals surface area contributed by atoms with Crippen molar-refractivity contribution in [3.8, 4) is 0 Å². The quantitative estimate of drug-likeness (QED) is 0.0343. The molecule has 0 aliphatic rings. The van der Waals surface area contributed by atoms with Crippen LogP contribution in [-0.2, 0) is 28.6 Å². The van der Waals surface area contributed by atoms with Crippen LogP contribution in [-0.4, -0.2) is 75.5 Å². The predicted octanol–water partition coefficient (Wildman–Crippen LogP) is 12.4. The Morgan fingerprint density at radius 3 is 1.09 bits per heavy atom. The summed E-state index contributed by atoms with van der Waals surface area (Å²) in [5.41, 5.74) is 0. The maximum atomic E-state index is 12.7. The van der Waals surface area contributed by atoms with Gasteiger partial charge >= 0.3 is 11.9 Å². The van der Waals surface area contributed by atoms with Gasteiger partial charge in [0.15, 0.2) is 6.10 Å². The Morgan fingerprint density at radius 2 is 0.772 bits per heavy atom. The van der Waals surface area contributed by atoms with Crippen LogP contribution in [0, 0.1) is 0 Å². The number of quaternary nitrogens is 1. The maximum Gasteiger partial charge on any atom is 0.306 e. The number of carbonyl (C=O) groups excluding carboxylic acids is 3. The zero-order valence-corrected chi connectivity index (χ0v) is 38.5. The molecule has 0 rings (SSSR count). The molecule has 8 heteroatoms. The lowest BCUT2D eigenvalue weighted by Gasteiger charge is -2.34. The first-order valence-electron chi connectivity index (χ1n) is 24.6. The van der Waals surface area contributed by atoms with Crippen LogP contribution in [0.3, 0.4) is 0 Å². The molecule has 0 fully saturated rings. The van der Waals surface area contributed by atoms with Gasteiger partial charge in [0.1, 0.15) is 12.6 Å². The van der Waals surface area contributed by atoms with Crippen LogP contribution in [0.1, 0.15) is 245 Å². The van der Waals surface area contributed by atoms with Crippen LogP contribution in [0.2, 0.25) is 0 Å². The number of likely N-dealkylation sites (N-methyl/N-ethyl adjacent to an activating group) is 1. The van der Waals surface area contributed by atoms with Gasteiger partial charge < -0.3 is 28.6 Å². The molecule has 2 atom stereocenters. The largest absolute Gasteiger partial charge is 0.544 e. The number of aliphatic carboxylic acids is 1. The summed E-state index contributed by atoms with van der Waals surface area (Å²) in [4.78, 5) is 36.9. The lowest BCUT2D eigenvalue weighted by molar-refractivity contribution is -0.889. The average Bonchev–Trinajstić information content (AvgIpc) is 3.17. The first-order valence-corrected chi connectivity index (χ1v) is 24.6. The van der Waals surface area contributed by atoms with Crippen molar-refractivity contribution in [1.29, 1.82) is 0 Å². The van der Waals surface area contributed by atoms with Crippen LogP contribution >= 0.6 is 0 Å². The first-order chi connectivity index (χ1) is 27.6. The normalized spacial score (nSPS) is 12.8. The highest BCUT2D eigenvalue weighted by Crippen LogP contribution is 2.17. The average molecular weight is 810 g/mol. The number of hydrogen-bond donors (Lipinski definition) is 0. The number of nitrogens with zero attached hydrogens (tertiary/aromatic N) is 1. The van der Waals surface area contributed by atoms with E-state index in [9.17, 15) is 19.5 Å². The molecule has 2 unspecified atom stereocenters. The van der Waals surface area contributed by atoms with Crippen molar-refractivity contribution in [1.82, 2.24) is 0 Å². The number of carboxylic acid groups (broad SMARTS) is 1. The molecule has 0 bridgehead atoms. The number of carboxylic acids is 1. The Bertz CT molecular complexity index is 905. The van der Waals surface area contributed by atoms with Gasteiger partial charge in [-0.3, -0.25) is 9.59 Å². The molecule has 0 spiro atoms. The lowest BCUT2D eigenvalue weighted by atomic mass is 10.0. The van der Waals surface area contributed by atoms with E-state index in [4.69, 9.17) is 14.2 Å². The summed E-state index contributed by atoms with van der Waals surface area (Å²) in [5.74, 6) is -1.71. The highest BCUT2D eigenvalue weighted by Gasteiger charge is 2.25. The lowest BCUT2D eigenvalue weighted by Crippen LogP contribution is -2.55. The summed E-state index contributed by atoms with van der Waals surface area (Å²) in [7, 11) is 5.43. The van der Waals surface area contributed by atoms with E-state index in [2.05, 4.69) is 13.8 Å². The number of carbonyl (C=O) groups is 3. The van der Waals surface area contributed by atoms with E-state index in [-0.39, 0.29) is 42.7 Å². The number of esters is 2. The Labute approximate surface area is 353 Å². The van der Waals surface area contributed by atoms with E-state index in [1.165, 1.54) is 173 Å². The van der Waals surface area contributed by atoms with Gasteiger partial charge in [0.25, 0.3) is 0 Å². The first kappa shape index (κ1) is 55.3. The number of unbranched alkanes of at least 4 members (excludes halogenated alkanes) is 31. The monoisotopic (exact) mass is 810 g/mol. The summed E-state index contributed by atoms with van der Waals surface area (Å²) in [5, 5.41) is 11.6. The molecule has 0 heterocycles. The minimum absolute atomic E-state index is 0.0496. The van der Waals surface area contributed by atoms with Crippen molar-refractivity contribution in [3.63, 3.8) is 0 Å². The fraction of sp³-hybridized carbons (Fsp3) is 0.939. The minimum atomic E-state index is -1.12. The Morgan fingerprint density at radius 1 is 0.456 bits per heavy atom. The maximum absolute atomic E-state index is 12.7. The van der Waals surface area contributed by atoms with Gasteiger partial charge in [0.05, 0.1) is 40.3 Å². The molecule has 338 valence electrons. The van der Waals surface area contributed by atoms with Gasteiger partial charge in [-0.25, -0.2) is 0 Å². The molecule has 0 N–H and O–H groups in total. The topological polar surface area (TPSA) is 102 Å².